The molecule has 1 N–H and O–H groups in total. The number of nitrogens with one attached hydrogen (secondary N) is 1. The summed E-state index contributed by atoms with van der Waals surface area (Å²) in [5.74, 6) is 2.14. The minimum atomic E-state index is 0.578. The normalized spacial score (nSPS) is 12.7. The summed E-state index contributed by atoms with van der Waals surface area (Å²) in [5.41, 5.74) is 1.13. The molecule has 4 heteroatoms. The minimum Gasteiger partial charge on any atom is -0.370 e. The van der Waals surface area contributed by atoms with Crippen molar-refractivity contribution >= 4 is 17.6 Å². The first-order valence-electron chi connectivity index (χ1n) is 6.56. The number of aromatic nitrogens is 1. The summed E-state index contributed by atoms with van der Waals surface area (Å²) in [7, 11) is 2.16. The van der Waals surface area contributed by atoms with Crippen molar-refractivity contribution in [2.75, 3.05) is 30.9 Å². The highest BCUT2D eigenvalue weighted by Gasteiger charge is 2.09. The molecule has 0 fully saturated rings. The van der Waals surface area contributed by atoms with Crippen LogP contribution in [0.15, 0.2) is 18.2 Å². The summed E-state index contributed by atoms with van der Waals surface area (Å²) in [6.07, 6.45) is 3.27. The summed E-state index contributed by atoms with van der Waals surface area (Å²) in [6, 6.07) is 6.78. The van der Waals surface area contributed by atoms with E-state index in [-0.39, 0.29) is 0 Å². The molecular formula is C14H25N3S. The molecule has 0 aliphatic carbocycles. The van der Waals surface area contributed by atoms with Gasteiger partial charge in [0.25, 0.3) is 0 Å². The van der Waals surface area contributed by atoms with Crippen LogP contribution in [0.25, 0.3) is 0 Å². The van der Waals surface area contributed by atoms with Crippen LogP contribution in [-0.4, -0.2) is 41.5 Å². The molecule has 1 aromatic heterocycles. The molecule has 1 atom stereocenters. The van der Waals surface area contributed by atoms with Crippen LogP contribution in [0.5, 0.6) is 0 Å². The van der Waals surface area contributed by atoms with Crippen molar-refractivity contribution in [1.82, 2.24) is 9.88 Å². The van der Waals surface area contributed by atoms with E-state index < -0.39 is 0 Å². The third-order valence-electron chi connectivity index (χ3n) is 2.93. The van der Waals surface area contributed by atoms with Crippen LogP contribution in [0, 0.1) is 0 Å². The van der Waals surface area contributed by atoms with Gasteiger partial charge in [0.2, 0.25) is 0 Å². The highest BCUT2D eigenvalue weighted by Crippen LogP contribution is 2.10. The van der Waals surface area contributed by atoms with Gasteiger partial charge in [0.15, 0.2) is 0 Å². The lowest BCUT2D eigenvalue weighted by atomic mass is 10.3. The third kappa shape index (κ3) is 5.27. The summed E-state index contributed by atoms with van der Waals surface area (Å²) in [4.78, 5) is 6.98. The van der Waals surface area contributed by atoms with Gasteiger partial charge in [-0.15, -0.1) is 0 Å². The summed E-state index contributed by atoms with van der Waals surface area (Å²) in [6.45, 7) is 6.31. The van der Waals surface area contributed by atoms with Crippen LogP contribution in [-0.2, 0) is 6.54 Å². The van der Waals surface area contributed by atoms with Crippen molar-refractivity contribution in [3.8, 4) is 0 Å². The second-order valence-electron chi connectivity index (χ2n) is 4.66. The topological polar surface area (TPSA) is 28.2 Å². The molecule has 102 valence electrons. The fourth-order valence-electron chi connectivity index (χ4n) is 1.70. The predicted molar refractivity (Wildman–Crippen MR) is 82.3 cm³/mol. The van der Waals surface area contributed by atoms with Crippen molar-refractivity contribution in [2.45, 2.75) is 32.9 Å². The maximum absolute atomic E-state index is 4.63. The Morgan fingerprint density at radius 3 is 2.89 bits per heavy atom. The van der Waals surface area contributed by atoms with Gasteiger partial charge in [0.05, 0.1) is 5.69 Å². The van der Waals surface area contributed by atoms with E-state index in [1.54, 1.807) is 0 Å². The zero-order valence-electron chi connectivity index (χ0n) is 11.9. The van der Waals surface area contributed by atoms with Crippen LogP contribution in [0.2, 0.25) is 0 Å². The second-order valence-corrected chi connectivity index (χ2v) is 5.57. The van der Waals surface area contributed by atoms with Crippen LogP contribution in [0.3, 0.4) is 0 Å². The highest BCUT2D eigenvalue weighted by atomic mass is 32.2. The Kier molecular flexibility index (Phi) is 7.13. The molecule has 1 rings (SSSR count). The molecule has 0 aromatic carbocycles. The molecular weight excluding hydrogens is 242 g/mol. The maximum Gasteiger partial charge on any atom is 0.126 e. The molecule has 0 saturated heterocycles. The van der Waals surface area contributed by atoms with Gasteiger partial charge >= 0.3 is 0 Å². The van der Waals surface area contributed by atoms with Gasteiger partial charge in [0.1, 0.15) is 5.82 Å². The van der Waals surface area contributed by atoms with E-state index >= 15 is 0 Å². The van der Waals surface area contributed by atoms with Crippen LogP contribution < -0.4 is 5.32 Å². The number of anilines is 1. The molecule has 0 bridgehead atoms. The molecule has 0 saturated carbocycles. The van der Waals surface area contributed by atoms with Crippen molar-refractivity contribution < 1.29 is 0 Å². The Morgan fingerprint density at radius 1 is 1.44 bits per heavy atom. The third-order valence-corrected chi connectivity index (χ3v) is 3.75. The van der Waals surface area contributed by atoms with E-state index in [1.807, 2.05) is 17.8 Å². The van der Waals surface area contributed by atoms with E-state index in [1.165, 1.54) is 0 Å². The van der Waals surface area contributed by atoms with Crippen molar-refractivity contribution in [3.63, 3.8) is 0 Å². The molecule has 1 aromatic rings. The van der Waals surface area contributed by atoms with Gasteiger partial charge in [-0.25, -0.2) is 4.98 Å². The van der Waals surface area contributed by atoms with Gasteiger partial charge in [-0.3, -0.25) is 4.90 Å². The number of nitrogens with zero attached hydrogens (tertiary/aromatic N) is 2. The molecule has 0 amide bonds. The molecule has 0 aliphatic heterocycles. The van der Waals surface area contributed by atoms with Gasteiger partial charge in [0, 0.05) is 24.9 Å². The van der Waals surface area contributed by atoms with Gasteiger partial charge < -0.3 is 5.32 Å². The standard InChI is InChI=1S/C14H25N3S/c1-5-9-15-14-8-6-7-13(16-14)10-17(3)12(2)11-18-4/h6-8,12H,5,9-11H2,1-4H3,(H,15,16). The number of rotatable bonds is 8. The van der Waals surface area contributed by atoms with Gasteiger partial charge in [-0.1, -0.05) is 13.0 Å². The second kappa shape index (κ2) is 8.38. The smallest absolute Gasteiger partial charge is 0.126 e. The Hall–Kier alpha value is -0.740. The van der Waals surface area contributed by atoms with E-state index in [4.69, 9.17) is 0 Å². The lowest BCUT2D eigenvalue weighted by Crippen LogP contribution is -2.30. The molecule has 1 heterocycles. The maximum atomic E-state index is 4.63. The fraction of sp³-hybridized carbons (Fsp3) is 0.643. The number of thioether (sulfide) groups is 1. The summed E-state index contributed by atoms with van der Waals surface area (Å²) in [5, 5.41) is 3.33. The van der Waals surface area contributed by atoms with Crippen LogP contribution >= 0.6 is 11.8 Å². The quantitative estimate of drug-likeness (QED) is 0.783. The zero-order chi connectivity index (χ0) is 13.4. The van der Waals surface area contributed by atoms with E-state index in [2.05, 4.69) is 54.5 Å². The van der Waals surface area contributed by atoms with Crippen molar-refractivity contribution in [3.05, 3.63) is 23.9 Å². The van der Waals surface area contributed by atoms with Crippen LogP contribution in [0.1, 0.15) is 26.0 Å². The Labute approximate surface area is 115 Å². The molecule has 0 radical (unpaired) electrons. The van der Waals surface area contributed by atoms with Crippen molar-refractivity contribution in [1.29, 1.82) is 0 Å². The first-order valence-corrected chi connectivity index (χ1v) is 7.95. The fourth-order valence-corrected chi connectivity index (χ4v) is 2.44. The molecule has 0 spiro atoms. The van der Waals surface area contributed by atoms with E-state index in [0.29, 0.717) is 6.04 Å². The largest absolute Gasteiger partial charge is 0.370 e. The number of hydrogen-bond acceptors (Lipinski definition) is 4. The average Bonchev–Trinajstić information content (AvgIpc) is 2.37. The molecule has 1 unspecified atom stereocenters. The molecule has 18 heavy (non-hydrogen) atoms. The van der Waals surface area contributed by atoms with Crippen LogP contribution in [0.4, 0.5) is 5.82 Å². The lowest BCUT2D eigenvalue weighted by Gasteiger charge is -2.23. The SMILES string of the molecule is CCCNc1cccc(CN(C)C(C)CSC)n1. The summed E-state index contributed by atoms with van der Waals surface area (Å²) < 4.78 is 0. The molecule has 3 nitrogen and oxygen atoms in total. The van der Waals surface area contributed by atoms with E-state index in [0.717, 1.165) is 36.8 Å². The first kappa shape index (κ1) is 15.3. The highest BCUT2D eigenvalue weighted by molar-refractivity contribution is 7.98. The van der Waals surface area contributed by atoms with Gasteiger partial charge in [-0.2, -0.15) is 11.8 Å². The Morgan fingerprint density at radius 2 is 2.22 bits per heavy atom. The minimum absolute atomic E-state index is 0.578. The monoisotopic (exact) mass is 267 g/mol. The Bertz CT molecular complexity index is 344. The zero-order valence-corrected chi connectivity index (χ0v) is 12.8. The van der Waals surface area contributed by atoms with Crippen molar-refractivity contribution in [2.24, 2.45) is 0 Å². The summed E-state index contributed by atoms with van der Waals surface area (Å²) >= 11 is 1.89. The molecule has 0 aliphatic rings. The number of hydrogen-bond donors (Lipinski definition) is 1. The number of pyridine rings is 1. The first-order chi connectivity index (χ1) is 8.67. The van der Waals surface area contributed by atoms with E-state index in [9.17, 15) is 0 Å². The average molecular weight is 267 g/mol. The van der Waals surface area contributed by atoms with Gasteiger partial charge in [-0.05, 0) is 38.8 Å². The predicted octanol–water partition coefficient (Wildman–Crippen LogP) is 3.09. The Balaban J connectivity index is 2.55. The lowest BCUT2D eigenvalue weighted by molar-refractivity contribution is 0.266.